The summed E-state index contributed by atoms with van der Waals surface area (Å²) < 4.78 is 4.70. The molecule has 1 aromatic rings. The topological polar surface area (TPSA) is 64.3 Å². The van der Waals surface area contributed by atoms with Gasteiger partial charge in [0.2, 0.25) is 0 Å². The minimum atomic E-state index is -0.400. The normalized spacial score (nSPS) is 20.3. The van der Waals surface area contributed by atoms with E-state index in [0.29, 0.717) is 22.6 Å². The Morgan fingerprint density at radius 3 is 2.78 bits per heavy atom. The summed E-state index contributed by atoms with van der Waals surface area (Å²) in [7, 11) is 1.36. The smallest absolute Gasteiger partial charge is 0.340 e. The molecule has 1 aromatic carbocycles. The molecule has 0 radical (unpaired) electrons. The minimum Gasteiger partial charge on any atom is -0.465 e. The van der Waals surface area contributed by atoms with Crippen molar-refractivity contribution in [1.82, 2.24) is 0 Å². The monoisotopic (exact) mass is 248 g/mol. The highest BCUT2D eigenvalue weighted by atomic mass is 16.5. The number of rotatable bonds is 4. The maximum Gasteiger partial charge on any atom is 0.340 e. The molecule has 0 aliphatic heterocycles. The van der Waals surface area contributed by atoms with Crippen LogP contribution in [0.3, 0.4) is 0 Å². The van der Waals surface area contributed by atoms with Crippen molar-refractivity contribution in [2.75, 3.05) is 24.7 Å². The highest BCUT2D eigenvalue weighted by Crippen LogP contribution is 2.51. The lowest BCUT2D eigenvalue weighted by Gasteiger charge is -2.10. The molecule has 18 heavy (non-hydrogen) atoms. The van der Waals surface area contributed by atoms with Crippen molar-refractivity contribution in [3.8, 4) is 0 Å². The molecule has 1 aliphatic rings. The molecule has 1 saturated carbocycles. The van der Waals surface area contributed by atoms with Gasteiger partial charge in [0.05, 0.1) is 12.7 Å². The molecule has 4 nitrogen and oxygen atoms in total. The Kier molecular flexibility index (Phi) is 3.20. The van der Waals surface area contributed by atoms with E-state index in [1.165, 1.54) is 13.5 Å². The summed E-state index contributed by atoms with van der Waals surface area (Å²) in [6.07, 6.45) is 1.25. The van der Waals surface area contributed by atoms with E-state index in [9.17, 15) is 4.79 Å². The number of benzene rings is 1. The SMILES string of the molecule is COC(=O)c1cc(NCC2CC2(C)C)ccc1N. The van der Waals surface area contributed by atoms with Crippen LogP contribution >= 0.6 is 0 Å². The number of nitrogens with two attached hydrogens (primary N) is 1. The number of carbonyl (C=O) groups is 1. The van der Waals surface area contributed by atoms with Crippen molar-refractivity contribution in [1.29, 1.82) is 0 Å². The summed E-state index contributed by atoms with van der Waals surface area (Å²) in [6.45, 7) is 5.46. The first-order chi connectivity index (χ1) is 8.44. The van der Waals surface area contributed by atoms with Gasteiger partial charge in [0.1, 0.15) is 0 Å². The fourth-order valence-electron chi connectivity index (χ4n) is 2.12. The van der Waals surface area contributed by atoms with Gasteiger partial charge >= 0.3 is 5.97 Å². The number of nitrogens with one attached hydrogen (secondary N) is 1. The second-order valence-corrected chi connectivity index (χ2v) is 5.56. The summed E-state index contributed by atoms with van der Waals surface area (Å²) in [4.78, 5) is 11.5. The zero-order valence-corrected chi connectivity index (χ0v) is 11.1. The van der Waals surface area contributed by atoms with Gasteiger partial charge in [-0.25, -0.2) is 4.79 Å². The fourth-order valence-corrected chi connectivity index (χ4v) is 2.12. The maximum atomic E-state index is 11.5. The predicted molar refractivity (Wildman–Crippen MR) is 72.6 cm³/mol. The van der Waals surface area contributed by atoms with E-state index < -0.39 is 5.97 Å². The van der Waals surface area contributed by atoms with Gasteiger partial charge in [-0.05, 0) is 36.0 Å². The average Bonchev–Trinajstić information content (AvgIpc) is 2.95. The number of anilines is 2. The van der Waals surface area contributed by atoms with Crippen LogP contribution in [0.2, 0.25) is 0 Å². The van der Waals surface area contributed by atoms with Gasteiger partial charge in [-0.3, -0.25) is 0 Å². The molecule has 0 bridgehead atoms. The lowest BCUT2D eigenvalue weighted by molar-refractivity contribution is 0.0602. The molecule has 0 spiro atoms. The Labute approximate surface area is 108 Å². The summed E-state index contributed by atoms with van der Waals surface area (Å²) in [5.41, 5.74) is 7.97. The van der Waals surface area contributed by atoms with Crippen LogP contribution in [0.25, 0.3) is 0 Å². The minimum absolute atomic E-state index is 0.400. The van der Waals surface area contributed by atoms with Crippen LogP contribution in [0.5, 0.6) is 0 Å². The third-order valence-corrected chi connectivity index (χ3v) is 3.73. The molecule has 0 amide bonds. The summed E-state index contributed by atoms with van der Waals surface area (Å²) in [5.74, 6) is 0.305. The lowest BCUT2D eigenvalue weighted by Crippen LogP contribution is -2.10. The second-order valence-electron chi connectivity index (χ2n) is 5.56. The van der Waals surface area contributed by atoms with Gasteiger partial charge in [-0.1, -0.05) is 13.8 Å². The summed E-state index contributed by atoms with van der Waals surface area (Å²) >= 11 is 0. The molecule has 1 fully saturated rings. The van der Waals surface area contributed by atoms with E-state index in [1.807, 2.05) is 6.07 Å². The van der Waals surface area contributed by atoms with Crippen molar-refractivity contribution in [3.63, 3.8) is 0 Å². The molecule has 0 saturated heterocycles. The van der Waals surface area contributed by atoms with Crippen LogP contribution in [-0.4, -0.2) is 19.6 Å². The Bertz CT molecular complexity index is 469. The number of hydrogen-bond acceptors (Lipinski definition) is 4. The first-order valence-corrected chi connectivity index (χ1v) is 6.16. The molecule has 1 aliphatic carbocycles. The van der Waals surface area contributed by atoms with Crippen LogP contribution in [0.1, 0.15) is 30.6 Å². The zero-order valence-electron chi connectivity index (χ0n) is 11.1. The number of methoxy groups -OCH3 is 1. The first-order valence-electron chi connectivity index (χ1n) is 6.16. The molecule has 2 rings (SSSR count). The standard InChI is InChI=1S/C14H20N2O2/c1-14(2)7-9(14)8-16-10-4-5-12(15)11(6-10)13(17)18-3/h4-6,9,16H,7-8,15H2,1-3H3. The number of nitrogen functional groups attached to an aromatic ring is 1. The van der Waals surface area contributed by atoms with Crippen LogP contribution < -0.4 is 11.1 Å². The third-order valence-electron chi connectivity index (χ3n) is 3.73. The number of esters is 1. The van der Waals surface area contributed by atoms with Crippen LogP contribution in [0.4, 0.5) is 11.4 Å². The maximum absolute atomic E-state index is 11.5. The van der Waals surface area contributed by atoms with E-state index in [1.54, 1.807) is 12.1 Å². The molecular weight excluding hydrogens is 228 g/mol. The Balaban J connectivity index is 2.03. The molecule has 1 atom stereocenters. The molecule has 1 unspecified atom stereocenters. The molecule has 0 heterocycles. The summed E-state index contributed by atoms with van der Waals surface area (Å²) in [6, 6.07) is 5.36. The van der Waals surface area contributed by atoms with Gasteiger partial charge in [0.25, 0.3) is 0 Å². The van der Waals surface area contributed by atoms with Crippen molar-refractivity contribution in [2.24, 2.45) is 11.3 Å². The highest BCUT2D eigenvalue weighted by molar-refractivity contribution is 5.96. The summed E-state index contributed by atoms with van der Waals surface area (Å²) in [5, 5.41) is 3.35. The Hall–Kier alpha value is -1.71. The fraction of sp³-hybridized carbons (Fsp3) is 0.500. The van der Waals surface area contributed by atoms with Crippen molar-refractivity contribution < 1.29 is 9.53 Å². The van der Waals surface area contributed by atoms with Crippen molar-refractivity contribution in [2.45, 2.75) is 20.3 Å². The van der Waals surface area contributed by atoms with E-state index in [2.05, 4.69) is 19.2 Å². The third kappa shape index (κ3) is 2.58. The molecular formula is C14H20N2O2. The van der Waals surface area contributed by atoms with Crippen molar-refractivity contribution >= 4 is 17.3 Å². The van der Waals surface area contributed by atoms with Crippen molar-refractivity contribution in [3.05, 3.63) is 23.8 Å². The van der Waals surface area contributed by atoms with Gasteiger partial charge in [-0.15, -0.1) is 0 Å². The Morgan fingerprint density at radius 1 is 1.56 bits per heavy atom. The molecule has 0 aromatic heterocycles. The second kappa shape index (κ2) is 4.52. The molecule has 98 valence electrons. The van der Waals surface area contributed by atoms with Crippen LogP contribution in [0, 0.1) is 11.3 Å². The zero-order chi connectivity index (χ0) is 13.3. The lowest BCUT2D eigenvalue weighted by atomic mass is 10.1. The van der Waals surface area contributed by atoms with Gasteiger partial charge < -0.3 is 15.8 Å². The Morgan fingerprint density at radius 2 is 2.22 bits per heavy atom. The number of ether oxygens (including phenoxy) is 1. The van der Waals surface area contributed by atoms with Crippen LogP contribution in [0.15, 0.2) is 18.2 Å². The largest absolute Gasteiger partial charge is 0.465 e. The molecule has 3 N–H and O–H groups in total. The van der Waals surface area contributed by atoms with Gasteiger partial charge in [0.15, 0.2) is 0 Å². The van der Waals surface area contributed by atoms with Crippen LogP contribution in [-0.2, 0) is 4.74 Å². The van der Waals surface area contributed by atoms with E-state index in [4.69, 9.17) is 10.5 Å². The quantitative estimate of drug-likeness (QED) is 0.634. The molecule has 4 heteroatoms. The predicted octanol–water partition coefficient (Wildman–Crippen LogP) is 2.51. The van der Waals surface area contributed by atoms with E-state index in [-0.39, 0.29) is 0 Å². The number of hydrogen-bond donors (Lipinski definition) is 2. The number of carbonyl (C=O) groups excluding carboxylic acids is 1. The van der Waals surface area contributed by atoms with E-state index in [0.717, 1.165) is 12.2 Å². The van der Waals surface area contributed by atoms with Gasteiger partial charge in [0, 0.05) is 17.9 Å². The van der Waals surface area contributed by atoms with E-state index >= 15 is 0 Å². The first kappa shape index (κ1) is 12.7. The average molecular weight is 248 g/mol. The highest BCUT2D eigenvalue weighted by Gasteiger charge is 2.44. The van der Waals surface area contributed by atoms with Gasteiger partial charge in [-0.2, -0.15) is 0 Å².